The van der Waals surface area contributed by atoms with Gasteiger partial charge in [-0.3, -0.25) is 9.59 Å². The van der Waals surface area contributed by atoms with Gasteiger partial charge < -0.3 is 36.2 Å². The number of fused-ring (bicyclic) bond motifs is 1. The Balaban J connectivity index is 1.47. The second-order valence-corrected chi connectivity index (χ2v) is 8.97. The van der Waals surface area contributed by atoms with E-state index >= 15 is 0 Å². The van der Waals surface area contributed by atoms with Gasteiger partial charge in [-0.05, 0) is 35.4 Å². The molecule has 2 aliphatic rings. The third-order valence-electron chi connectivity index (χ3n) is 6.33. The first-order valence-electron chi connectivity index (χ1n) is 11.6. The minimum absolute atomic E-state index is 0.0763. The fourth-order valence-corrected chi connectivity index (χ4v) is 4.49. The van der Waals surface area contributed by atoms with E-state index in [2.05, 4.69) is 15.4 Å². The smallest absolute Gasteiger partial charge is 0.406 e. The van der Waals surface area contributed by atoms with Crippen molar-refractivity contribution >= 4 is 23.5 Å². The quantitative estimate of drug-likeness (QED) is 0.392. The number of aliphatic hydroxyl groups excluding tert-OH is 2. The maximum Gasteiger partial charge on any atom is 0.573 e. The molecule has 0 bridgehead atoms. The predicted octanol–water partition coefficient (Wildman–Crippen LogP) is 1.57. The van der Waals surface area contributed by atoms with Crippen LogP contribution in [-0.2, 0) is 22.6 Å². The second-order valence-electron chi connectivity index (χ2n) is 8.97. The van der Waals surface area contributed by atoms with Gasteiger partial charge >= 0.3 is 12.4 Å². The Morgan fingerprint density at radius 2 is 1.66 bits per heavy atom. The highest BCUT2D eigenvalue weighted by atomic mass is 19.4. The van der Waals surface area contributed by atoms with Crippen LogP contribution in [0.4, 0.5) is 23.7 Å². The number of aliphatic hydroxyl groups is 2. The Hall–Kier alpha value is -4.10. The molecule has 13 heteroatoms. The molecule has 0 fully saturated rings. The van der Waals surface area contributed by atoms with Gasteiger partial charge in [0.25, 0.3) is 5.91 Å². The summed E-state index contributed by atoms with van der Waals surface area (Å²) >= 11 is 0. The predicted molar refractivity (Wildman–Crippen MR) is 127 cm³/mol. The van der Waals surface area contributed by atoms with E-state index in [-0.39, 0.29) is 30.6 Å². The van der Waals surface area contributed by atoms with Crippen molar-refractivity contribution in [1.29, 1.82) is 0 Å². The third-order valence-corrected chi connectivity index (χ3v) is 6.33. The van der Waals surface area contributed by atoms with Gasteiger partial charge in [0.2, 0.25) is 5.91 Å². The van der Waals surface area contributed by atoms with Gasteiger partial charge in [0.1, 0.15) is 17.9 Å². The standard InChI is InChI=1S/C25H25F3N4O6/c26-25(27,28)38-17-7-5-16(6-8-17)30-24(37)31-18-9-15(11-20(33)21(18)34)23(36)32-12-14-4-2-1-3-13(14)10-19(32)22(29)35/h1-9,18-21,33-34H,10-12H2,(H2,29,35)(H2,30,31,37)/t18-,19+,20-,21-/m1/s1. The summed E-state index contributed by atoms with van der Waals surface area (Å²) in [5.41, 5.74) is 7.50. The maximum atomic E-state index is 13.4. The number of carbonyl (C=O) groups excluding carboxylic acids is 3. The highest BCUT2D eigenvalue weighted by Gasteiger charge is 2.39. The molecule has 0 spiro atoms. The van der Waals surface area contributed by atoms with Crippen molar-refractivity contribution in [1.82, 2.24) is 10.2 Å². The van der Waals surface area contributed by atoms with Gasteiger partial charge in [-0.15, -0.1) is 13.2 Å². The van der Waals surface area contributed by atoms with Crippen molar-refractivity contribution in [2.24, 2.45) is 5.73 Å². The van der Waals surface area contributed by atoms with Crippen LogP contribution < -0.4 is 21.1 Å². The molecule has 1 heterocycles. The molecule has 0 aromatic heterocycles. The fraction of sp³-hybridized carbons (Fsp3) is 0.320. The van der Waals surface area contributed by atoms with E-state index < -0.39 is 54.2 Å². The molecule has 4 atom stereocenters. The van der Waals surface area contributed by atoms with Crippen LogP contribution in [0.2, 0.25) is 0 Å². The van der Waals surface area contributed by atoms with Crippen molar-refractivity contribution in [3.8, 4) is 5.75 Å². The highest BCUT2D eigenvalue weighted by molar-refractivity contribution is 5.98. The van der Waals surface area contributed by atoms with E-state index in [1.165, 1.54) is 23.1 Å². The number of primary amides is 1. The average molecular weight is 534 g/mol. The molecule has 1 aliphatic heterocycles. The molecule has 4 amide bonds. The zero-order chi connectivity index (χ0) is 27.6. The fourth-order valence-electron chi connectivity index (χ4n) is 4.49. The lowest BCUT2D eigenvalue weighted by atomic mass is 9.88. The van der Waals surface area contributed by atoms with Crippen LogP contribution in [0.25, 0.3) is 0 Å². The van der Waals surface area contributed by atoms with Gasteiger partial charge in [-0.25, -0.2) is 4.79 Å². The van der Waals surface area contributed by atoms with Crippen LogP contribution in [0.15, 0.2) is 60.2 Å². The highest BCUT2D eigenvalue weighted by Crippen LogP contribution is 2.28. The molecular weight excluding hydrogens is 509 g/mol. The first-order valence-corrected chi connectivity index (χ1v) is 11.6. The number of nitrogens with two attached hydrogens (primary N) is 1. The van der Waals surface area contributed by atoms with Crippen LogP contribution in [0, 0.1) is 0 Å². The van der Waals surface area contributed by atoms with E-state index in [9.17, 15) is 37.8 Å². The monoisotopic (exact) mass is 534 g/mol. The molecule has 6 N–H and O–H groups in total. The molecule has 2 aromatic rings. The molecule has 0 unspecified atom stereocenters. The van der Waals surface area contributed by atoms with Crippen LogP contribution >= 0.6 is 0 Å². The molecular formula is C25H25F3N4O6. The average Bonchev–Trinajstić information content (AvgIpc) is 2.85. The molecule has 4 rings (SSSR count). The van der Waals surface area contributed by atoms with Crippen LogP contribution in [-0.4, -0.2) is 63.6 Å². The lowest BCUT2D eigenvalue weighted by molar-refractivity contribution is -0.274. The number of alkyl halides is 3. The van der Waals surface area contributed by atoms with E-state index in [0.717, 1.165) is 23.3 Å². The summed E-state index contributed by atoms with van der Waals surface area (Å²) in [5.74, 6) is -1.73. The van der Waals surface area contributed by atoms with E-state index in [4.69, 9.17) is 5.73 Å². The molecule has 10 nitrogen and oxygen atoms in total. The van der Waals surface area contributed by atoms with Gasteiger partial charge in [-0.1, -0.05) is 30.3 Å². The number of ether oxygens (including phenoxy) is 1. The van der Waals surface area contributed by atoms with Crippen molar-refractivity contribution in [3.63, 3.8) is 0 Å². The number of urea groups is 1. The molecule has 38 heavy (non-hydrogen) atoms. The molecule has 2 aromatic carbocycles. The van der Waals surface area contributed by atoms with Crippen LogP contribution in [0.3, 0.4) is 0 Å². The van der Waals surface area contributed by atoms with Gasteiger partial charge in [0.05, 0.1) is 12.1 Å². The Morgan fingerprint density at radius 3 is 2.29 bits per heavy atom. The van der Waals surface area contributed by atoms with E-state index in [1.807, 2.05) is 24.3 Å². The van der Waals surface area contributed by atoms with Crippen molar-refractivity contribution in [2.75, 3.05) is 5.32 Å². The Morgan fingerprint density at radius 1 is 1.00 bits per heavy atom. The number of carbonyl (C=O) groups is 3. The van der Waals surface area contributed by atoms with Crippen molar-refractivity contribution in [2.45, 2.75) is 50.0 Å². The first kappa shape index (κ1) is 26.9. The number of anilines is 1. The summed E-state index contributed by atoms with van der Waals surface area (Å²) < 4.78 is 40.7. The number of nitrogens with zero attached hydrogens (tertiary/aromatic N) is 1. The third kappa shape index (κ3) is 6.23. The van der Waals surface area contributed by atoms with E-state index in [0.29, 0.717) is 0 Å². The summed E-state index contributed by atoms with van der Waals surface area (Å²) in [6, 6.07) is 8.72. The lowest BCUT2D eigenvalue weighted by Crippen LogP contribution is -2.54. The summed E-state index contributed by atoms with van der Waals surface area (Å²) in [4.78, 5) is 39.4. The summed E-state index contributed by atoms with van der Waals surface area (Å²) in [6.07, 6.45) is -6.39. The number of rotatable bonds is 5. The largest absolute Gasteiger partial charge is 0.573 e. The number of halogens is 3. The lowest BCUT2D eigenvalue weighted by Gasteiger charge is -2.38. The number of hydrogen-bond acceptors (Lipinski definition) is 6. The van der Waals surface area contributed by atoms with Gasteiger partial charge in [0, 0.05) is 30.6 Å². The molecule has 0 saturated carbocycles. The van der Waals surface area contributed by atoms with Crippen LogP contribution in [0.1, 0.15) is 17.5 Å². The maximum absolute atomic E-state index is 13.4. The minimum atomic E-state index is -4.86. The number of nitrogens with one attached hydrogen (secondary N) is 2. The summed E-state index contributed by atoms with van der Waals surface area (Å²) in [5, 5.41) is 25.6. The van der Waals surface area contributed by atoms with Gasteiger partial charge in [0.15, 0.2) is 0 Å². The number of benzene rings is 2. The number of hydrogen-bond donors (Lipinski definition) is 5. The van der Waals surface area contributed by atoms with Gasteiger partial charge in [-0.2, -0.15) is 0 Å². The van der Waals surface area contributed by atoms with Crippen molar-refractivity contribution in [3.05, 3.63) is 71.3 Å². The molecule has 0 radical (unpaired) electrons. The minimum Gasteiger partial charge on any atom is -0.406 e. The molecule has 202 valence electrons. The summed E-state index contributed by atoms with van der Waals surface area (Å²) in [6.45, 7) is 0.116. The topological polar surface area (TPSA) is 154 Å². The Labute approximate surface area is 214 Å². The number of amides is 4. The SMILES string of the molecule is NC(=O)[C@@H]1Cc2ccccc2CN1C(=O)C1=C[C@@H](NC(=O)Nc2ccc(OC(F)(F)F)cc2)[C@@H](O)[C@H](O)C1. The second kappa shape index (κ2) is 10.7. The Kier molecular flexibility index (Phi) is 7.60. The zero-order valence-corrected chi connectivity index (χ0v) is 19.8. The van der Waals surface area contributed by atoms with E-state index in [1.54, 1.807) is 0 Å². The Bertz CT molecular complexity index is 1250. The summed E-state index contributed by atoms with van der Waals surface area (Å²) in [7, 11) is 0. The molecule has 1 aliphatic carbocycles. The zero-order valence-electron chi connectivity index (χ0n) is 19.8. The van der Waals surface area contributed by atoms with Crippen LogP contribution in [0.5, 0.6) is 5.75 Å². The normalized spacial score (nSPS) is 23.1. The molecule has 0 saturated heterocycles. The first-order chi connectivity index (χ1) is 17.9. The van der Waals surface area contributed by atoms with Crippen molar-refractivity contribution < 1.29 is 42.5 Å².